The van der Waals surface area contributed by atoms with Gasteiger partial charge >= 0.3 is 11.7 Å². The van der Waals surface area contributed by atoms with Crippen molar-refractivity contribution in [2.24, 2.45) is 5.92 Å². The van der Waals surface area contributed by atoms with Crippen LogP contribution in [0.4, 0.5) is 11.4 Å². The van der Waals surface area contributed by atoms with Crippen LogP contribution < -0.4 is 5.32 Å². The molecule has 1 aliphatic rings. The molecule has 136 valence electrons. The minimum Gasteiger partial charge on any atom is -0.501 e. The summed E-state index contributed by atoms with van der Waals surface area (Å²) in [5, 5.41) is 35.1. The van der Waals surface area contributed by atoms with E-state index in [0.717, 1.165) is 32.0 Å². The predicted octanol–water partition coefficient (Wildman–Crippen LogP) is 2.14. The molecule has 10 heteroatoms. The first-order valence-electron chi connectivity index (χ1n) is 7.73. The van der Waals surface area contributed by atoms with Gasteiger partial charge in [-0.2, -0.15) is 0 Å². The molecular weight excluding hydrogens is 334 g/mol. The third kappa shape index (κ3) is 4.02. The Morgan fingerprint density at radius 1 is 1.24 bits per heavy atom. The molecule has 1 aromatic rings. The van der Waals surface area contributed by atoms with Crippen LogP contribution in [0.25, 0.3) is 0 Å². The molecule has 0 unspecified atom stereocenters. The summed E-state index contributed by atoms with van der Waals surface area (Å²) in [6.45, 7) is 4.98. The average Bonchev–Trinajstić information content (AvgIpc) is 2.54. The molecule has 2 rings (SSSR count). The smallest absolute Gasteiger partial charge is 0.342 e. The average molecular weight is 353 g/mol. The van der Waals surface area contributed by atoms with Gasteiger partial charge in [-0.3, -0.25) is 20.2 Å². The van der Waals surface area contributed by atoms with Crippen LogP contribution >= 0.6 is 0 Å². The number of nitro groups is 2. The van der Waals surface area contributed by atoms with Crippen molar-refractivity contribution in [3.63, 3.8) is 0 Å². The summed E-state index contributed by atoms with van der Waals surface area (Å²) >= 11 is 0. The molecular formula is C15H19N3O7. The Hall–Kier alpha value is -2.75. The SMILES string of the molecule is CC(C)(OC(=O)c1cc([N+](=O)[O-])cc([N+](=O)[O-])c1O)C1CCNCC1. The van der Waals surface area contributed by atoms with Crippen LogP contribution in [-0.4, -0.2) is 39.6 Å². The number of carbonyl (C=O) groups is 1. The third-order valence-electron chi connectivity index (χ3n) is 4.38. The standard InChI is InChI=1S/C15H19N3O7/c1-15(2,9-3-5-16-6-4-9)25-14(20)11-7-10(17(21)22)8-12(13(11)19)18(23)24/h7-9,16,19H,3-6H2,1-2H3. The second kappa shape index (κ2) is 7.01. The number of rotatable bonds is 5. The summed E-state index contributed by atoms with van der Waals surface area (Å²) < 4.78 is 5.44. The first-order chi connectivity index (χ1) is 11.6. The van der Waals surface area contributed by atoms with Crippen LogP contribution in [0.1, 0.15) is 37.0 Å². The maximum Gasteiger partial charge on any atom is 0.342 e. The van der Waals surface area contributed by atoms with Gasteiger partial charge in [-0.05, 0) is 39.8 Å². The van der Waals surface area contributed by atoms with E-state index in [0.29, 0.717) is 6.07 Å². The minimum absolute atomic E-state index is 0.0635. The summed E-state index contributed by atoms with van der Waals surface area (Å²) in [4.78, 5) is 32.5. The number of phenolic OH excluding ortho intramolecular Hbond substituents is 1. The topological polar surface area (TPSA) is 145 Å². The Morgan fingerprint density at radius 2 is 1.84 bits per heavy atom. The maximum absolute atomic E-state index is 12.4. The number of nitrogens with one attached hydrogen (secondary N) is 1. The lowest BCUT2D eigenvalue weighted by Crippen LogP contribution is -2.42. The van der Waals surface area contributed by atoms with E-state index >= 15 is 0 Å². The number of nitro benzene ring substituents is 2. The zero-order valence-corrected chi connectivity index (χ0v) is 13.9. The van der Waals surface area contributed by atoms with Crippen molar-refractivity contribution in [3.8, 4) is 5.75 Å². The van der Waals surface area contributed by atoms with E-state index in [4.69, 9.17) is 4.74 Å². The molecule has 1 aromatic carbocycles. The van der Waals surface area contributed by atoms with E-state index in [1.54, 1.807) is 13.8 Å². The summed E-state index contributed by atoms with van der Waals surface area (Å²) in [6.07, 6.45) is 1.56. The van der Waals surface area contributed by atoms with Crippen LogP contribution in [0.15, 0.2) is 12.1 Å². The van der Waals surface area contributed by atoms with E-state index in [1.165, 1.54) is 0 Å². The molecule has 1 aliphatic heterocycles. The van der Waals surface area contributed by atoms with Gasteiger partial charge in [-0.15, -0.1) is 0 Å². The Morgan fingerprint density at radius 3 is 2.36 bits per heavy atom. The molecule has 1 fully saturated rings. The third-order valence-corrected chi connectivity index (χ3v) is 4.38. The molecule has 0 spiro atoms. The van der Waals surface area contributed by atoms with Gasteiger partial charge in [-0.1, -0.05) is 0 Å². The van der Waals surface area contributed by atoms with Crippen molar-refractivity contribution in [3.05, 3.63) is 37.9 Å². The molecule has 2 N–H and O–H groups in total. The van der Waals surface area contributed by atoms with Crippen LogP contribution in [-0.2, 0) is 4.74 Å². The first kappa shape index (κ1) is 18.6. The number of piperidine rings is 1. The summed E-state index contributed by atoms with van der Waals surface area (Å²) in [7, 11) is 0. The fourth-order valence-electron chi connectivity index (χ4n) is 2.90. The highest BCUT2D eigenvalue weighted by atomic mass is 16.6. The van der Waals surface area contributed by atoms with Crippen LogP contribution in [0.2, 0.25) is 0 Å². The van der Waals surface area contributed by atoms with Gasteiger partial charge in [0.15, 0.2) is 0 Å². The largest absolute Gasteiger partial charge is 0.501 e. The van der Waals surface area contributed by atoms with Crippen molar-refractivity contribution in [2.75, 3.05) is 13.1 Å². The number of nitrogens with zero attached hydrogens (tertiary/aromatic N) is 2. The second-order valence-electron chi connectivity index (χ2n) is 6.39. The molecule has 1 heterocycles. The molecule has 0 atom stereocenters. The summed E-state index contributed by atoms with van der Waals surface area (Å²) in [5.74, 6) is -1.91. The molecule has 0 amide bonds. The molecule has 0 saturated carbocycles. The van der Waals surface area contributed by atoms with E-state index in [2.05, 4.69) is 5.32 Å². The lowest BCUT2D eigenvalue weighted by Gasteiger charge is -2.36. The number of non-ortho nitro benzene ring substituents is 1. The van der Waals surface area contributed by atoms with Gasteiger partial charge < -0.3 is 15.2 Å². The van der Waals surface area contributed by atoms with Gasteiger partial charge in [0.05, 0.1) is 15.9 Å². The number of benzene rings is 1. The Balaban J connectivity index is 2.34. The zero-order chi connectivity index (χ0) is 18.8. The number of carbonyl (C=O) groups excluding carboxylic acids is 1. The monoisotopic (exact) mass is 353 g/mol. The Kier molecular flexibility index (Phi) is 5.21. The van der Waals surface area contributed by atoms with Gasteiger partial charge in [0.1, 0.15) is 11.2 Å². The van der Waals surface area contributed by atoms with Crippen LogP contribution in [0.3, 0.4) is 0 Å². The second-order valence-corrected chi connectivity index (χ2v) is 6.39. The number of hydrogen-bond donors (Lipinski definition) is 2. The molecule has 1 saturated heterocycles. The zero-order valence-electron chi connectivity index (χ0n) is 13.9. The molecule has 0 aliphatic carbocycles. The highest BCUT2D eigenvalue weighted by molar-refractivity contribution is 5.95. The van der Waals surface area contributed by atoms with Gasteiger partial charge in [-0.25, -0.2) is 4.79 Å². The van der Waals surface area contributed by atoms with E-state index in [-0.39, 0.29) is 5.92 Å². The predicted molar refractivity (Wildman–Crippen MR) is 86.5 cm³/mol. The van der Waals surface area contributed by atoms with Crippen molar-refractivity contribution < 1.29 is 24.5 Å². The molecule has 0 aromatic heterocycles. The lowest BCUT2D eigenvalue weighted by atomic mass is 9.83. The van der Waals surface area contributed by atoms with E-state index < -0.39 is 44.1 Å². The van der Waals surface area contributed by atoms with Crippen molar-refractivity contribution >= 4 is 17.3 Å². The molecule has 10 nitrogen and oxygen atoms in total. The Labute approximate surface area is 143 Å². The fraction of sp³-hybridized carbons (Fsp3) is 0.533. The highest BCUT2D eigenvalue weighted by Crippen LogP contribution is 2.36. The number of ether oxygens (including phenoxy) is 1. The quantitative estimate of drug-likeness (QED) is 0.465. The molecule has 0 radical (unpaired) electrons. The van der Waals surface area contributed by atoms with Crippen molar-refractivity contribution in [2.45, 2.75) is 32.3 Å². The van der Waals surface area contributed by atoms with Gasteiger partial charge in [0.25, 0.3) is 5.69 Å². The van der Waals surface area contributed by atoms with Gasteiger partial charge in [0.2, 0.25) is 5.75 Å². The number of phenols is 1. The maximum atomic E-state index is 12.4. The lowest BCUT2D eigenvalue weighted by molar-refractivity contribution is -0.394. The van der Waals surface area contributed by atoms with Crippen molar-refractivity contribution in [1.82, 2.24) is 5.32 Å². The number of esters is 1. The fourth-order valence-corrected chi connectivity index (χ4v) is 2.90. The number of hydrogen-bond acceptors (Lipinski definition) is 8. The Bertz CT molecular complexity index is 711. The highest BCUT2D eigenvalue weighted by Gasteiger charge is 2.36. The van der Waals surface area contributed by atoms with Crippen LogP contribution in [0.5, 0.6) is 5.75 Å². The summed E-state index contributed by atoms with van der Waals surface area (Å²) in [5.41, 5.74) is -3.06. The minimum atomic E-state index is -1.03. The molecule has 25 heavy (non-hydrogen) atoms. The molecule has 0 bridgehead atoms. The summed E-state index contributed by atoms with van der Waals surface area (Å²) in [6, 6.07) is 1.38. The van der Waals surface area contributed by atoms with E-state index in [1.807, 2.05) is 0 Å². The number of aromatic hydroxyl groups is 1. The van der Waals surface area contributed by atoms with Gasteiger partial charge in [0, 0.05) is 12.0 Å². The van der Waals surface area contributed by atoms with Crippen molar-refractivity contribution in [1.29, 1.82) is 0 Å². The first-order valence-corrected chi connectivity index (χ1v) is 7.73. The normalized spacial score (nSPS) is 15.6. The van der Waals surface area contributed by atoms with E-state index in [9.17, 15) is 30.1 Å². The van der Waals surface area contributed by atoms with Crippen LogP contribution in [0, 0.1) is 26.1 Å².